The number of furan rings is 1. The van der Waals surface area contributed by atoms with E-state index in [1.165, 1.54) is 36.8 Å². The van der Waals surface area contributed by atoms with Gasteiger partial charge in [-0.05, 0) is 29.8 Å². The van der Waals surface area contributed by atoms with Gasteiger partial charge in [-0.1, -0.05) is 24.3 Å². The van der Waals surface area contributed by atoms with Gasteiger partial charge in [0.2, 0.25) is 5.91 Å². The Hall–Kier alpha value is -3.99. The highest BCUT2D eigenvalue weighted by Crippen LogP contribution is 2.35. The Kier molecular flexibility index (Phi) is 6.97. The molecule has 11 heteroatoms. The number of carbonyl (C=O) groups excluding carboxylic acids is 2. The zero-order valence-electron chi connectivity index (χ0n) is 18.4. The minimum Gasteiger partial charge on any atom is -0.469 e. The Bertz CT molecular complexity index is 1160. The van der Waals surface area contributed by atoms with Crippen LogP contribution in [-0.2, 0) is 22.3 Å². The molecular formula is C24H22F3N3O5. The first-order chi connectivity index (χ1) is 16.7. The van der Waals surface area contributed by atoms with Gasteiger partial charge in [-0.3, -0.25) is 4.79 Å². The Labute approximate surface area is 198 Å². The maximum absolute atomic E-state index is 13.2. The number of rotatable bonds is 7. The number of nitrogens with one attached hydrogen (secondary N) is 3. The van der Waals surface area contributed by atoms with Crippen molar-refractivity contribution in [1.29, 1.82) is 0 Å². The van der Waals surface area contributed by atoms with E-state index in [4.69, 9.17) is 13.9 Å². The molecule has 2 aromatic carbocycles. The summed E-state index contributed by atoms with van der Waals surface area (Å²) in [7, 11) is 0. The Balaban J connectivity index is 1.36. The second-order valence-corrected chi connectivity index (χ2v) is 7.91. The fourth-order valence-electron chi connectivity index (χ4n) is 3.59. The van der Waals surface area contributed by atoms with Crippen molar-refractivity contribution in [3.8, 4) is 5.75 Å². The number of anilines is 2. The van der Waals surface area contributed by atoms with Crippen LogP contribution in [0.15, 0.2) is 71.5 Å². The van der Waals surface area contributed by atoms with Gasteiger partial charge in [-0.25, -0.2) is 4.79 Å². The van der Waals surface area contributed by atoms with Crippen LogP contribution in [0.2, 0.25) is 0 Å². The van der Waals surface area contributed by atoms with Gasteiger partial charge in [-0.2, -0.15) is 13.2 Å². The van der Waals surface area contributed by atoms with Crippen molar-refractivity contribution in [3.05, 3.63) is 78.3 Å². The number of carbonyl (C=O) groups is 2. The van der Waals surface area contributed by atoms with Crippen molar-refractivity contribution < 1.29 is 36.7 Å². The minimum atomic E-state index is -4.48. The summed E-state index contributed by atoms with van der Waals surface area (Å²) >= 11 is 0. The monoisotopic (exact) mass is 489 g/mol. The van der Waals surface area contributed by atoms with E-state index in [0.29, 0.717) is 17.9 Å². The predicted molar refractivity (Wildman–Crippen MR) is 119 cm³/mol. The van der Waals surface area contributed by atoms with E-state index in [-0.39, 0.29) is 31.0 Å². The molecule has 0 radical (unpaired) electrons. The van der Waals surface area contributed by atoms with Gasteiger partial charge >= 0.3 is 12.3 Å². The van der Waals surface area contributed by atoms with Crippen LogP contribution in [0.25, 0.3) is 0 Å². The highest BCUT2D eigenvalue weighted by Gasteiger charge is 2.44. The number of halogens is 3. The van der Waals surface area contributed by atoms with Crippen LogP contribution in [0.5, 0.6) is 5.75 Å². The second kappa shape index (κ2) is 10.1. The lowest BCUT2D eigenvalue weighted by molar-refractivity contribution is -0.137. The van der Waals surface area contributed by atoms with E-state index in [2.05, 4.69) is 16.0 Å². The number of alkyl halides is 3. The summed E-state index contributed by atoms with van der Waals surface area (Å²) in [6.45, 7) is 0.415. The average molecular weight is 489 g/mol. The number of amides is 2. The minimum absolute atomic E-state index is 0.0131. The molecule has 35 heavy (non-hydrogen) atoms. The van der Waals surface area contributed by atoms with Crippen molar-refractivity contribution in [1.82, 2.24) is 10.6 Å². The van der Waals surface area contributed by atoms with E-state index in [1.54, 1.807) is 24.3 Å². The molecular weight excluding hydrogens is 467 g/mol. The van der Waals surface area contributed by atoms with Crippen LogP contribution in [0.1, 0.15) is 17.5 Å². The molecule has 0 aliphatic carbocycles. The summed E-state index contributed by atoms with van der Waals surface area (Å²) in [5, 5.41) is 8.12. The van der Waals surface area contributed by atoms with Crippen LogP contribution in [0.4, 0.5) is 29.3 Å². The largest absolute Gasteiger partial charge is 0.469 e. The summed E-state index contributed by atoms with van der Waals surface area (Å²) < 4.78 is 54.9. The SMILES string of the molecule is O=C(N[C@@]1(C(=O)NCc2ccc(Nc3ccccc3C(F)(F)F)cc2)CCOC1)Oc1ccoc1. The van der Waals surface area contributed by atoms with Gasteiger partial charge in [0.15, 0.2) is 5.75 Å². The molecule has 8 nitrogen and oxygen atoms in total. The molecule has 2 amide bonds. The Morgan fingerprint density at radius 3 is 2.49 bits per heavy atom. The van der Waals surface area contributed by atoms with E-state index in [9.17, 15) is 22.8 Å². The van der Waals surface area contributed by atoms with Crippen molar-refractivity contribution in [3.63, 3.8) is 0 Å². The van der Waals surface area contributed by atoms with Gasteiger partial charge in [0.1, 0.15) is 11.8 Å². The van der Waals surface area contributed by atoms with Crippen LogP contribution >= 0.6 is 0 Å². The first-order valence-electron chi connectivity index (χ1n) is 10.7. The molecule has 3 aromatic rings. The molecule has 0 saturated carbocycles. The fourth-order valence-corrected chi connectivity index (χ4v) is 3.59. The third-order valence-corrected chi connectivity index (χ3v) is 5.42. The van der Waals surface area contributed by atoms with Crippen LogP contribution in [0, 0.1) is 0 Å². The normalized spacial score (nSPS) is 17.6. The zero-order chi connectivity index (χ0) is 24.9. The van der Waals surface area contributed by atoms with Crippen LogP contribution in [0.3, 0.4) is 0 Å². The third-order valence-electron chi connectivity index (χ3n) is 5.42. The molecule has 0 unspecified atom stereocenters. The van der Waals surface area contributed by atoms with E-state index in [0.717, 1.165) is 6.07 Å². The van der Waals surface area contributed by atoms with Crippen molar-refractivity contribution in [2.45, 2.75) is 24.7 Å². The lowest BCUT2D eigenvalue weighted by atomic mass is 9.97. The third kappa shape index (κ3) is 5.93. The fraction of sp³-hybridized carbons (Fsp3) is 0.250. The summed E-state index contributed by atoms with van der Waals surface area (Å²) in [5.74, 6) is -0.246. The maximum atomic E-state index is 13.2. The summed E-state index contributed by atoms with van der Waals surface area (Å²) in [5.41, 5.74) is -0.940. The van der Waals surface area contributed by atoms with E-state index in [1.807, 2.05) is 0 Å². The van der Waals surface area contributed by atoms with Gasteiger partial charge in [0.05, 0.1) is 24.1 Å². The first kappa shape index (κ1) is 24.1. The number of para-hydroxylation sites is 1. The van der Waals surface area contributed by atoms with Gasteiger partial charge in [0.25, 0.3) is 0 Å². The lowest BCUT2D eigenvalue weighted by Gasteiger charge is -2.26. The molecule has 1 aliphatic heterocycles. The molecule has 1 saturated heterocycles. The average Bonchev–Trinajstić information content (AvgIpc) is 3.51. The molecule has 4 rings (SSSR count). The van der Waals surface area contributed by atoms with E-state index < -0.39 is 29.3 Å². The lowest BCUT2D eigenvalue weighted by Crippen LogP contribution is -2.59. The van der Waals surface area contributed by atoms with Crippen LogP contribution in [-0.4, -0.2) is 30.8 Å². The molecule has 1 aliphatic rings. The van der Waals surface area contributed by atoms with Crippen molar-refractivity contribution in [2.24, 2.45) is 0 Å². The zero-order valence-corrected chi connectivity index (χ0v) is 18.4. The second-order valence-electron chi connectivity index (χ2n) is 7.91. The number of ether oxygens (including phenoxy) is 2. The summed E-state index contributed by atoms with van der Waals surface area (Å²) in [6, 6.07) is 13.2. The Morgan fingerprint density at radius 1 is 1.06 bits per heavy atom. The standard InChI is InChI=1S/C24H22F3N3O5/c25-24(26,27)19-3-1-2-4-20(19)29-17-7-5-16(6-8-17)13-28-21(31)23(10-12-34-15-23)30-22(32)35-18-9-11-33-14-18/h1-9,11,14,29H,10,12-13,15H2,(H,28,31)(H,30,32)/t23-/m0/s1. The smallest absolute Gasteiger partial charge is 0.418 e. The van der Waals surface area contributed by atoms with Crippen molar-refractivity contribution in [2.75, 3.05) is 18.5 Å². The Morgan fingerprint density at radius 2 is 1.83 bits per heavy atom. The summed E-state index contributed by atoms with van der Waals surface area (Å²) in [6.07, 6.45) is -2.44. The predicted octanol–water partition coefficient (Wildman–Crippen LogP) is 4.61. The molecule has 3 N–H and O–H groups in total. The molecule has 2 heterocycles. The maximum Gasteiger partial charge on any atom is 0.418 e. The van der Waals surface area contributed by atoms with Crippen molar-refractivity contribution >= 4 is 23.4 Å². The quantitative estimate of drug-likeness (QED) is 0.448. The highest BCUT2D eigenvalue weighted by atomic mass is 19.4. The molecule has 1 aromatic heterocycles. The number of hydrogen-bond donors (Lipinski definition) is 3. The molecule has 184 valence electrons. The number of hydrogen-bond acceptors (Lipinski definition) is 6. The first-order valence-corrected chi connectivity index (χ1v) is 10.7. The number of benzene rings is 2. The highest BCUT2D eigenvalue weighted by molar-refractivity contribution is 5.90. The van der Waals surface area contributed by atoms with Gasteiger partial charge in [0, 0.05) is 31.3 Å². The van der Waals surface area contributed by atoms with Gasteiger partial charge < -0.3 is 29.8 Å². The molecule has 0 spiro atoms. The topological polar surface area (TPSA) is 102 Å². The molecule has 1 atom stereocenters. The van der Waals surface area contributed by atoms with Crippen LogP contribution < -0.4 is 20.7 Å². The molecule has 0 bridgehead atoms. The van der Waals surface area contributed by atoms with Gasteiger partial charge in [-0.15, -0.1) is 0 Å². The molecule has 1 fully saturated rings. The van der Waals surface area contributed by atoms with E-state index >= 15 is 0 Å². The summed E-state index contributed by atoms with van der Waals surface area (Å²) in [4.78, 5) is 25.2.